The molecular weight excluding hydrogens is 298 g/mol. The van der Waals surface area contributed by atoms with E-state index in [2.05, 4.69) is 30.7 Å². The fourth-order valence-electron chi connectivity index (χ4n) is 2.64. The van der Waals surface area contributed by atoms with Crippen LogP contribution in [0.5, 0.6) is 0 Å². The van der Waals surface area contributed by atoms with Crippen LogP contribution < -0.4 is 10.5 Å². The van der Waals surface area contributed by atoms with Crippen LogP contribution >= 0.6 is 0 Å². The summed E-state index contributed by atoms with van der Waals surface area (Å²) in [5, 5.41) is 0. The molecule has 1 aliphatic heterocycles. The summed E-state index contributed by atoms with van der Waals surface area (Å²) in [5.74, 6) is 0.475. The molecule has 0 bridgehead atoms. The molecule has 1 aromatic carbocycles. The third-order valence-electron chi connectivity index (χ3n) is 4.17. The second kappa shape index (κ2) is 7.55. The van der Waals surface area contributed by atoms with Crippen molar-refractivity contribution in [2.24, 2.45) is 5.73 Å². The van der Waals surface area contributed by atoms with Crippen molar-refractivity contribution in [2.45, 2.75) is 45.1 Å². The highest BCUT2D eigenvalue weighted by molar-refractivity contribution is 7.87. The lowest BCUT2D eigenvalue weighted by atomic mass is 9.99. The molecule has 0 saturated carbocycles. The molecule has 3 N–H and O–H groups in total. The Bertz CT molecular complexity index is 564. The van der Waals surface area contributed by atoms with E-state index in [4.69, 9.17) is 5.73 Å². The summed E-state index contributed by atoms with van der Waals surface area (Å²) in [6.45, 7) is 5.71. The number of nitrogens with zero attached hydrogens (tertiary/aromatic N) is 1. The van der Waals surface area contributed by atoms with Crippen LogP contribution in [0.25, 0.3) is 0 Å². The SMILES string of the molecule is CC(C)c1ccc(C(N)CNS(=O)(=O)N2CCCCC2)cc1. The normalized spacial score (nSPS) is 18.5. The second-order valence-electron chi connectivity index (χ2n) is 6.24. The predicted molar refractivity (Wildman–Crippen MR) is 89.8 cm³/mol. The van der Waals surface area contributed by atoms with Gasteiger partial charge in [0, 0.05) is 25.7 Å². The minimum Gasteiger partial charge on any atom is -0.323 e. The second-order valence-corrected chi connectivity index (χ2v) is 8.00. The van der Waals surface area contributed by atoms with Crippen molar-refractivity contribution in [3.05, 3.63) is 35.4 Å². The summed E-state index contributed by atoms with van der Waals surface area (Å²) >= 11 is 0. The monoisotopic (exact) mass is 325 g/mol. The van der Waals surface area contributed by atoms with Crippen LogP contribution in [0.4, 0.5) is 0 Å². The van der Waals surface area contributed by atoms with Crippen molar-refractivity contribution in [2.75, 3.05) is 19.6 Å². The zero-order valence-corrected chi connectivity index (χ0v) is 14.3. The lowest BCUT2D eigenvalue weighted by Gasteiger charge is -2.26. The number of benzene rings is 1. The van der Waals surface area contributed by atoms with Crippen molar-refractivity contribution in [1.82, 2.24) is 9.03 Å². The van der Waals surface area contributed by atoms with Crippen LogP contribution in [0.15, 0.2) is 24.3 Å². The molecule has 1 aromatic rings. The molecule has 124 valence electrons. The Morgan fingerprint density at radius 2 is 1.64 bits per heavy atom. The molecule has 1 saturated heterocycles. The summed E-state index contributed by atoms with van der Waals surface area (Å²) in [6.07, 6.45) is 2.97. The number of hydrogen-bond acceptors (Lipinski definition) is 3. The number of nitrogens with one attached hydrogen (secondary N) is 1. The summed E-state index contributed by atoms with van der Waals surface area (Å²) in [7, 11) is -3.40. The average molecular weight is 325 g/mol. The Kier molecular flexibility index (Phi) is 5.97. The fraction of sp³-hybridized carbons (Fsp3) is 0.625. The van der Waals surface area contributed by atoms with Gasteiger partial charge in [-0.05, 0) is 29.9 Å². The van der Waals surface area contributed by atoms with Crippen LogP contribution in [0.2, 0.25) is 0 Å². The van der Waals surface area contributed by atoms with Crippen LogP contribution in [0.3, 0.4) is 0 Å². The van der Waals surface area contributed by atoms with Gasteiger partial charge in [0.25, 0.3) is 10.2 Å². The maximum Gasteiger partial charge on any atom is 0.279 e. The molecular formula is C16H27N3O2S. The highest BCUT2D eigenvalue weighted by Crippen LogP contribution is 2.18. The van der Waals surface area contributed by atoms with E-state index in [1.807, 2.05) is 12.1 Å². The maximum atomic E-state index is 12.2. The van der Waals surface area contributed by atoms with Gasteiger partial charge in [-0.2, -0.15) is 12.7 Å². The van der Waals surface area contributed by atoms with Gasteiger partial charge in [0.2, 0.25) is 0 Å². The van der Waals surface area contributed by atoms with E-state index in [1.165, 1.54) is 9.87 Å². The molecule has 22 heavy (non-hydrogen) atoms. The molecule has 0 aromatic heterocycles. The molecule has 1 heterocycles. The van der Waals surface area contributed by atoms with Gasteiger partial charge >= 0.3 is 0 Å². The molecule has 0 aliphatic carbocycles. The lowest BCUT2D eigenvalue weighted by molar-refractivity contribution is 0.341. The number of nitrogens with two attached hydrogens (primary N) is 1. The maximum absolute atomic E-state index is 12.2. The quantitative estimate of drug-likeness (QED) is 0.841. The molecule has 0 spiro atoms. The molecule has 1 fully saturated rings. The van der Waals surface area contributed by atoms with Crippen molar-refractivity contribution < 1.29 is 8.42 Å². The smallest absolute Gasteiger partial charge is 0.279 e. The Labute approximate surface area is 134 Å². The first-order chi connectivity index (χ1) is 10.4. The van der Waals surface area contributed by atoms with E-state index in [-0.39, 0.29) is 12.6 Å². The molecule has 1 aliphatic rings. The van der Waals surface area contributed by atoms with Crippen molar-refractivity contribution in [3.8, 4) is 0 Å². The molecule has 1 atom stereocenters. The minimum absolute atomic E-state index is 0.222. The molecule has 5 nitrogen and oxygen atoms in total. The van der Waals surface area contributed by atoms with Gasteiger partial charge in [-0.25, -0.2) is 4.72 Å². The van der Waals surface area contributed by atoms with Crippen molar-refractivity contribution in [1.29, 1.82) is 0 Å². The number of piperidine rings is 1. The fourth-order valence-corrected chi connectivity index (χ4v) is 3.95. The van der Waals surface area contributed by atoms with Gasteiger partial charge in [0.15, 0.2) is 0 Å². The van der Waals surface area contributed by atoms with Gasteiger partial charge < -0.3 is 5.73 Å². The first-order valence-corrected chi connectivity index (χ1v) is 9.44. The van der Waals surface area contributed by atoms with Gasteiger partial charge in [0.05, 0.1) is 0 Å². The third kappa shape index (κ3) is 4.52. The largest absolute Gasteiger partial charge is 0.323 e. The molecule has 2 rings (SSSR count). The van der Waals surface area contributed by atoms with Crippen LogP contribution in [0, 0.1) is 0 Å². The Morgan fingerprint density at radius 1 is 1.09 bits per heavy atom. The topological polar surface area (TPSA) is 75.4 Å². The standard InChI is InChI=1S/C16H27N3O2S/c1-13(2)14-6-8-15(9-7-14)16(17)12-18-22(20,21)19-10-4-3-5-11-19/h6-9,13,16,18H,3-5,10-12,17H2,1-2H3. The molecule has 6 heteroatoms. The molecule has 1 unspecified atom stereocenters. The van der Waals surface area contributed by atoms with E-state index in [9.17, 15) is 8.42 Å². The highest BCUT2D eigenvalue weighted by atomic mass is 32.2. The highest BCUT2D eigenvalue weighted by Gasteiger charge is 2.24. The molecule has 0 radical (unpaired) electrons. The Hall–Kier alpha value is -0.950. The summed E-state index contributed by atoms with van der Waals surface area (Å²) in [4.78, 5) is 0. The van der Waals surface area contributed by atoms with Crippen molar-refractivity contribution in [3.63, 3.8) is 0 Å². The van der Waals surface area contributed by atoms with Crippen LogP contribution in [-0.4, -0.2) is 32.4 Å². The zero-order chi connectivity index (χ0) is 16.2. The van der Waals surface area contributed by atoms with Gasteiger partial charge in [-0.15, -0.1) is 0 Å². The van der Waals surface area contributed by atoms with E-state index in [1.54, 1.807) is 0 Å². The summed E-state index contributed by atoms with van der Waals surface area (Å²) in [6, 6.07) is 7.74. The summed E-state index contributed by atoms with van der Waals surface area (Å²) in [5.41, 5.74) is 8.32. The minimum atomic E-state index is -3.40. The van der Waals surface area contributed by atoms with Gasteiger partial charge in [-0.1, -0.05) is 44.5 Å². The van der Waals surface area contributed by atoms with Gasteiger partial charge in [0.1, 0.15) is 0 Å². The first-order valence-electron chi connectivity index (χ1n) is 8.00. The average Bonchev–Trinajstić information content (AvgIpc) is 2.53. The zero-order valence-electron chi connectivity index (χ0n) is 13.5. The Morgan fingerprint density at radius 3 is 2.18 bits per heavy atom. The van der Waals surface area contributed by atoms with Crippen molar-refractivity contribution >= 4 is 10.2 Å². The summed E-state index contributed by atoms with van der Waals surface area (Å²) < 4.78 is 28.6. The Balaban J connectivity index is 1.92. The lowest BCUT2D eigenvalue weighted by Crippen LogP contribution is -2.45. The predicted octanol–water partition coefficient (Wildman–Crippen LogP) is 2.13. The van der Waals surface area contributed by atoms with Crippen LogP contribution in [0.1, 0.15) is 56.2 Å². The van der Waals surface area contributed by atoms with E-state index >= 15 is 0 Å². The number of hydrogen-bond donors (Lipinski definition) is 2. The van der Waals surface area contributed by atoms with E-state index < -0.39 is 10.2 Å². The van der Waals surface area contributed by atoms with Crippen LogP contribution in [-0.2, 0) is 10.2 Å². The van der Waals surface area contributed by atoms with E-state index in [0.29, 0.717) is 19.0 Å². The third-order valence-corrected chi connectivity index (χ3v) is 5.75. The van der Waals surface area contributed by atoms with Gasteiger partial charge in [-0.3, -0.25) is 0 Å². The molecule has 0 amide bonds. The first kappa shape index (κ1) is 17.4. The van der Waals surface area contributed by atoms with E-state index in [0.717, 1.165) is 24.8 Å². The number of rotatable bonds is 6.